The molecule has 0 aliphatic rings. The second-order valence-electron chi connectivity index (χ2n) is 2.89. The molecule has 76 valence electrons. The first-order valence-corrected chi connectivity index (χ1v) is 4.93. The van der Waals surface area contributed by atoms with E-state index in [1.807, 2.05) is 0 Å². The van der Waals surface area contributed by atoms with Gasteiger partial charge >= 0.3 is 0 Å². The van der Waals surface area contributed by atoms with Gasteiger partial charge in [0.2, 0.25) is 0 Å². The first-order chi connectivity index (χ1) is 6.72. The minimum atomic E-state index is -0.247. The molecule has 0 radical (unpaired) electrons. The van der Waals surface area contributed by atoms with Crippen LogP contribution in [-0.2, 0) is 0 Å². The number of benzene rings is 1. The third-order valence-corrected chi connectivity index (χ3v) is 1.88. The quantitative estimate of drug-likeness (QED) is 0.753. The highest BCUT2D eigenvalue weighted by Crippen LogP contribution is 2.07. The standard InChI is InChI=1S/C10H13FN2S/c1-2-7-12-10(14)13-9-5-3-8(11)4-6-9/h3-6H,2,7H2,1H3,(H2,12,13,14). The Hall–Kier alpha value is -1.16. The largest absolute Gasteiger partial charge is 0.362 e. The Bertz CT molecular complexity index is 297. The molecule has 0 aliphatic heterocycles. The minimum absolute atomic E-state index is 0.247. The van der Waals surface area contributed by atoms with Crippen molar-refractivity contribution in [1.82, 2.24) is 5.32 Å². The molecule has 0 bridgehead atoms. The van der Waals surface area contributed by atoms with Gasteiger partial charge in [0, 0.05) is 12.2 Å². The predicted octanol–water partition coefficient (Wildman–Crippen LogP) is 2.52. The molecular weight excluding hydrogens is 199 g/mol. The Kier molecular flexibility index (Phi) is 4.32. The van der Waals surface area contributed by atoms with E-state index < -0.39 is 0 Å². The first kappa shape index (κ1) is 10.9. The van der Waals surface area contributed by atoms with Crippen molar-refractivity contribution in [2.24, 2.45) is 0 Å². The van der Waals surface area contributed by atoms with Gasteiger partial charge in [-0.15, -0.1) is 0 Å². The zero-order chi connectivity index (χ0) is 10.4. The van der Waals surface area contributed by atoms with Crippen LogP contribution in [0.1, 0.15) is 13.3 Å². The van der Waals surface area contributed by atoms with Crippen LogP contribution in [0.3, 0.4) is 0 Å². The fourth-order valence-electron chi connectivity index (χ4n) is 0.947. The molecule has 0 spiro atoms. The average Bonchev–Trinajstić information content (AvgIpc) is 2.18. The van der Waals surface area contributed by atoms with Crippen molar-refractivity contribution in [3.8, 4) is 0 Å². The molecule has 0 saturated carbocycles. The van der Waals surface area contributed by atoms with Gasteiger partial charge < -0.3 is 10.6 Å². The van der Waals surface area contributed by atoms with E-state index in [1.165, 1.54) is 12.1 Å². The number of rotatable bonds is 3. The summed E-state index contributed by atoms with van der Waals surface area (Å²) in [6, 6.07) is 6.08. The van der Waals surface area contributed by atoms with Crippen molar-refractivity contribution >= 4 is 23.0 Å². The molecule has 0 fully saturated rings. The Balaban J connectivity index is 2.44. The van der Waals surface area contributed by atoms with Gasteiger partial charge in [0.05, 0.1) is 0 Å². The molecule has 4 heteroatoms. The minimum Gasteiger partial charge on any atom is -0.362 e. The van der Waals surface area contributed by atoms with Crippen LogP contribution in [0.25, 0.3) is 0 Å². The highest BCUT2D eigenvalue weighted by Gasteiger charge is 1.96. The van der Waals surface area contributed by atoms with Crippen molar-refractivity contribution in [2.45, 2.75) is 13.3 Å². The molecule has 0 atom stereocenters. The average molecular weight is 212 g/mol. The van der Waals surface area contributed by atoms with E-state index in [9.17, 15) is 4.39 Å². The van der Waals surface area contributed by atoms with Crippen molar-refractivity contribution in [3.63, 3.8) is 0 Å². The van der Waals surface area contributed by atoms with Crippen LogP contribution in [0.4, 0.5) is 10.1 Å². The summed E-state index contributed by atoms with van der Waals surface area (Å²) in [6.45, 7) is 2.90. The van der Waals surface area contributed by atoms with Crippen molar-refractivity contribution in [2.75, 3.05) is 11.9 Å². The monoisotopic (exact) mass is 212 g/mol. The van der Waals surface area contributed by atoms with Gasteiger partial charge in [-0.2, -0.15) is 0 Å². The van der Waals surface area contributed by atoms with Gasteiger partial charge in [-0.3, -0.25) is 0 Å². The fraction of sp³-hybridized carbons (Fsp3) is 0.300. The molecule has 0 amide bonds. The molecule has 14 heavy (non-hydrogen) atoms. The summed E-state index contributed by atoms with van der Waals surface area (Å²) < 4.78 is 12.6. The SMILES string of the molecule is CCCNC(=S)Nc1ccc(F)cc1. The van der Waals surface area contributed by atoms with Gasteiger partial charge in [-0.25, -0.2) is 4.39 Å². The molecule has 1 aromatic rings. The van der Waals surface area contributed by atoms with Crippen LogP contribution >= 0.6 is 12.2 Å². The van der Waals surface area contributed by atoms with Crippen LogP contribution < -0.4 is 10.6 Å². The molecule has 2 N–H and O–H groups in total. The zero-order valence-corrected chi connectivity index (χ0v) is 8.83. The van der Waals surface area contributed by atoms with Gasteiger partial charge in [0.15, 0.2) is 5.11 Å². The number of thiocarbonyl (C=S) groups is 1. The normalized spacial score (nSPS) is 9.57. The molecule has 1 rings (SSSR count). The van der Waals surface area contributed by atoms with Crippen LogP contribution in [-0.4, -0.2) is 11.7 Å². The lowest BCUT2D eigenvalue weighted by Gasteiger charge is -2.08. The molecule has 0 heterocycles. The second kappa shape index (κ2) is 5.54. The molecular formula is C10H13FN2S. The third-order valence-electron chi connectivity index (χ3n) is 1.64. The van der Waals surface area contributed by atoms with Crippen molar-refractivity contribution < 1.29 is 4.39 Å². The van der Waals surface area contributed by atoms with Crippen LogP contribution in [0, 0.1) is 5.82 Å². The maximum atomic E-state index is 12.6. The molecule has 0 aromatic heterocycles. The van der Waals surface area contributed by atoms with E-state index in [2.05, 4.69) is 17.6 Å². The third kappa shape index (κ3) is 3.70. The van der Waals surface area contributed by atoms with Crippen molar-refractivity contribution in [1.29, 1.82) is 0 Å². The van der Waals surface area contributed by atoms with E-state index in [4.69, 9.17) is 12.2 Å². The lowest BCUT2D eigenvalue weighted by molar-refractivity contribution is 0.628. The fourth-order valence-corrected chi connectivity index (χ4v) is 1.17. The summed E-state index contributed by atoms with van der Waals surface area (Å²) in [5, 5.41) is 6.55. The van der Waals surface area contributed by atoms with E-state index in [1.54, 1.807) is 12.1 Å². The molecule has 1 aromatic carbocycles. The molecule has 0 saturated heterocycles. The molecule has 0 unspecified atom stereocenters. The summed E-state index contributed by atoms with van der Waals surface area (Å²) in [5.41, 5.74) is 0.792. The van der Waals surface area contributed by atoms with E-state index in [-0.39, 0.29) is 5.82 Å². The van der Waals surface area contributed by atoms with Crippen LogP contribution in [0.5, 0.6) is 0 Å². The topological polar surface area (TPSA) is 24.1 Å². The number of halogens is 1. The van der Waals surface area contributed by atoms with E-state index in [0.29, 0.717) is 5.11 Å². The highest BCUT2D eigenvalue weighted by molar-refractivity contribution is 7.80. The summed E-state index contributed by atoms with van der Waals surface area (Å²) in [4.78, 5) is 0. The van der Waals surface area contributed by atoms with E-state index >= 15 is 0 Å². The van der Waals surface area contributed by atoms with Gasteiger partial charge in [0.1, 0.15) is 5.82 Å². The van der Waals surface area contributed by atoms with Gasteiger partial charge in [0.25, 0.3) is 0 Å². The maximum absolute atomic E-state index is 12.6. The molecule has 2 nitrogen and oxygen atoms in total. The zero-order valence-electron chi connectivity index (χ0n) is 8.01. The Morgan fingerprint density at radius 2 is 2.00 bits per heavy atom. The number of nitrogens with one attached hydrogen (secondary N) is 2. The summed E-state index contributed by atoms with van der Waals surface area (Å²) in [6.07, 6.45) is 1.02. The second-order valence-corrected chi connectivity index (χ2v) is 3.30. The van der Waals surface area contributed by atoms with Crippen molar-refractivity contribution in [3.05, 3.63) is 30.1 Å². The van der Waals surface area contributed by atoms with Crippen LogP contribution in [0.15, 0.2) is 24.3 Å². The Labute approximate surface area is 88.5 Å². The number of hydrogen-bond acceptors (Lipinski definition) is 1. The highest BCUT2D eigenvalue weighted by atomic mass is 32.1. The summed E-state index contributed by atoms with van der Waals surface area (Å²) >= 11 is 5.02. The summed E-state index contributed by atoms with van der Waals surface area (Å²) in [7, 11) is 0. The molecule has 0 aliphatic carbocycles. The van der Waals surface area contributed by atoms with Gasteiger partial charge in [-0.1, -0.05) is 6.92 Å². The summed E-state index contributed by atoms with van der Waals surface area (Å²) in [5.74, 6) is -0.247. The Morgan fingerprint density at radius 3 is 2.57 bits per heavy atom. The lowest BCUT2D eigenvalue weighted by atomic mass is 10.3. The first-order valence-electron chi connectivity index (χ1n) is 4.53. The van der Waals surface area contributed by atoms with Crippen LogP contribution in [0.2, 0.25) is 0 Å². The van der Waals surface area contributed by atoms with Gasteiger partial charge in [-0.05, 0) is 42.9 Å². The van der Waals surface area contributed by atoms with E-state index in [0.717, 1.165) is 18.7 Å². The number of hydrogen-bond donors (Lipinski definition) is 2. The maximum Gasteiger partial charge on any atom is 0.170 e. The predicted molar refractivity (Wildman–Crippen MR) is 60.9 cm³/mol. The number of anilines is 1. The Morgan fingerprint density at radius 1 is 1.36 bits per heavy atom. The smallest absolute Gasteiger partial charge is 0.170 e. The lowest BCUT2D eigenvalue weighted by Crippen LogP contribution is -2.28.